The van der Waals surface area contributed by atoms with Gasteiger partial charge in [-0.1, -0.05) is 30.7 Å². The van der Waals surface area contributed by atoms with Gasteiger partial charge < -0.3 is 11.1 Å². The molecule has 3 N–H and O–H groups in total. The fourth-order valence-electron chi connectivity index (χ4n) is 1.66. The summed E-state index contributed by atoms with van der Waals surface area (Å²) in [4.78, 5) is 11.7. The SMILES string of the molecule is CC(C)=CCNC(=O)CC(C)c1ccc(N)cc1. The van der Waals surface area contributed by atoms with E-state index in [0.717, 1.165) is 11.3 Å². The first-order valence-corrected chi connectivity index (χ1v) is 6.24. The molecule has 3 nitrogen and oxygen atoms in total. The van der Waals surface area contributed by atoms with Crippen LogP contribution < -0.4 is 11.1 Å². The molecule has 0 spiro atoms. The molecular weight excluding hydrogens is 224 g/mol. The molecule has 0 fully saturated rings. The average Bonchev–Trinajstić information content (AvgIpc) is 2.29. The fraction of sp³-hybridized carbons (Fsp3) is 0.400. The van der Waals surface area contributed by atoms with E-state index in [1.54, 1.807) is 0 Å². The minimum absolute atomic E-state index is 0.0804. The normalized spacial score (nSPS) is 11.7. The summed E-state index contributed by atoms with van der Waals surface area (Å²) in [6.07, 6.45) is 2.51. The highest BCUT2D eigenvalue weighted by Crippen LogP contribution is 2.19. The second-order valence-electron chi connectivity index (χ2n) is 4.86. The van der Waals surface area contributed by atoms with Gasteiger partial charge in [0.05, 0.1) is 0 Å². The summed E-state index contributed by atoms with van der Waals surface area (Å²) in [7, 11) is 0. The Hall–Kier alpha value is -1.77. The first-order valence-electron chi connectivity index (χ1n) is 6.24. The van der Waals surface area contributed by atoms with E-state index in [4.69, 9.17) is 5.73 Å². The minimum atomic E-state index is 0.0804. The zero-order valence-corrected chi connectivity index (χ0v) is 11.4. The fourth-order valence-corrected chi connectivity index (χ4v) is 1.66. The van der Waals surface area contributed by atoms with Gasteiger partial charge in [-0.05, 0) is 37.5 Å². The molecule has 1 aromatic rings. The first kappa shape index (κ1) is 14.3. The summed E-state index contributed by atoms with van der Waals surface area (Å²) in [6.45, 7) is 6.69. The quantitative estimate of drug-likeness (QED) is 0.620. The Morgan fingerprint density at radius 2 is 1.94 bits per heavy atom. The number of allylic oxidation sites excluding steroid dienone is 1. The second kappa shape index (κ2) is 6.84. The monoisotopic (exact) mass is 246 g/mol. The predicted octanol–water partition coefficient (Wildman–Crippen LogP) is 2.84. The second-order valence-corrected chi connectivity index (χ2v) is 4.86. The lowest BCUT2D eigenvalue weighted by molar-refractivity contribution is -0.121. The predicted molar refractivity (Wildman–Crippen MR) is 76.3 cm³/mol. The molecule has 3 heteroatoms. The standard InChI is InChI=1S/C15H22N2O/c1-11(2)8-9-17-15(18)10-12(3)13-4-6-14(16)7-5-13/h4-8,12H,9-10,16H2,1-3H3,(H,17,18). The number of hydrogen-bond acceptors (Lipinski definition) is 2. The van der Waals surface area contributed by atoms with Crippen molar-refractivity contribution in [2.45, 2.75) is 33.1 Å². The van der Waals surface area contributed by atoms with E-state index in [-0.39, 0.29) is 11.8 Å². The molecule has 1 aromatic carbocycles. The molecule has 18 heavy (non-hydrogen) atoms. The van der Waals surface area contributed by atoms with Crippen LogP contribution in [0.5, 0.6) is 0 Å². The van der Waals surface area contributed by atoms with Gasteiger partial charge in [0.25, 0.3) is 0 Å². The Morgan fingerprint density at radius 3 is 2.50 bits per heavy atom. The Bertz CT molecular complexity index is 417. The van der Waals surface area contributed by atoms with Gasteiger partial charge in [-0.15, -0.1) is 0 Å². The van der Waals surface area contributed by atoms with Gasteiger partial charge in [0.15, 0.2) is 0 Å². The number of benzene rings is 1. The van der Waals surface area contributed by atoms with Crippen LogP contribution in [0.2, 0.25) is 0 Å². The molecule has 0 aliphatic rings. The van der Waals surface area contributed by atoms with E-state index in [2.05, 4.69) is 5.32 Å². The van der Waals surface area contributed by atoms with Crippen LogP contribution in [-0.2, 0) is 4.79 Å². The van der Waals surface area contributed by atoms with Crippen LogP contribution >= 0.6 is 0 Å². The van der Waals surface area contributed by atoms with E-state index >= 15 is 0 Å². The number of nitrogens with two attached hydrogens (primary N) is 1. The summed E-state index contributed by atoms with van der Waals surface area (Å²) in [6, 6.07) is 7.69. The summed E-state index contributed by atoms with van der Waals surface area (Å²) < 4.78 is 0. The van der Waals surface area contributed by atoms with Crippen molar-refractivity contribution in [3.63, 3.8) is 0 Å². The third-order valence-electron chi connectivity index (χ3n) is 2.81. The van der Waals surface area contributed by atoms with E-state index in [0.29, 0.717) is 13.0 Å². The molecule has 1 unspecified atom stereocenters. The van der Waals surface area contributed by atoms with Crippen molar-refractivity contribution in [2.24, 2.45) is 0 Å². The van der Waals surface area contributed by atoms with Crippen LogP contribution in [0.15, 0.2) is 35.9 Å². The summed E-state index contributed by atoms with van der Waals surface area (Å²) >= 11 is 0. The average molecular weight is 246 g/mol. The Morgan fingerprint density at radius 1 is 1.33 bits per heavy atom. The highest BCUT2D eigenvalue weighted by atomic mass is 16.1. The molecule has 1 amide bonds. The van der Waals surface area contributed by atoms with E-state index < -0.39 is 0 Å². The molecule has 0 aromatic heterocycles. The molecule has 1 rings (SSSR count). The number of carbonyl (C=O) groups excluding carboxylic acids is 1. The number of nitrogen functional groups attached to an aromatic ring is 1. The molecule has 0 aliphatic heterocycles. The number of rotatable bonds is 5. The van der Waals surface area contributed by atoms with E-state index in [9.17, 15) is 4.79 Å². The molecule has 0 saturated carbocycles. The van der Waals surface area contributed by atoms with Crippen molar-refractivity contribution >= 4 is 11.6 Å². The van der Waals surface area contributed by atoms with Crippen molar-refractivity contribution in [1.82, 2.24) is 5.32 Å². The number of amides is 1. The maximum Gasteiger partial charge on any atom is 0.220 e. The molecular formula is C15H22N2O. The molecule has 0 aliphatic carbocycles. The number of anilines is 1. The first-order chi connectivity index (χ1) is 8.49. The Kier molecular flexibility index (Phi) is 5.43. The van der Waals surface area contributed by atoms with Gasteiger partial charge >= 0.3 is 0 Å². The Balaban J connectivity index is 2.44. The van der Waals surface area contributed by atoms with Gasteiger partial charge in [0.1, 0.15) is 0 Å². The Labute approximate surface area is 109 Å². The van der Waals surface area contributed by atoms with Crippen LogP contribution in [0.1, 0.15) is 38.7 Å². The summed E-state index contributed by atoms with van der Waals surface area (Å²) in [5.74, 6) is 0.286. The van der Waals surface area contributed by atoms with Crippen LogP contribution in [0.3, 0.4) is 0 Å². The number of hydrogen-bond donors (Lipinski definition) is 2. The molecule has 1 atom stereocenters. The van der Waals surface area contributed by atoms with Crippen LogP contribution in [0.25, 0.3) is 0 Å². The van der Waals surface area contributed by atoms with Crippen LogP contribution in [0, 0.1) is 0 Å². The van der Waals surface area contributed by atoms with Crippen LogP contribution in [-0.4, -0.2) is 12.5 Å². The van der Waals surface area contributed by atoms with Crippen molar-refractivity contribution in [3.05, 3.63) is 41.5 Å². The van der Waals surface area contributed by atoms with Crippen LogP contribution in [0.4, 0.5) is 5.69 Å². The maximum atomic E-state index is 11.7. The smallest absolute Gasteiger partial charge is 0.220 e. The topological polar surface area (TPSA) is 55.1 Å². The lowest BCUT2D eigenvalue weighted by atomic mass is 9.97. The molecule has 0 heterocycles. The van der Waals surface area contributed by atoms with Crippen molar-refractivity contribution in [1.29, 1.82) is 0 Å². The van der Waals surface area contributed by atoms with Crippen molar-refractivity contribution < 1.29 is 4.79 Å². The molecule has 0 radical (unpaired) electrons. The van der Waals surface area contributed by atoms with Crippen molar-refractivity contribution in [3.8, 4) is 0 Å². The van der Waals surface area contributed by atoms with Gasteiger partial charge in [-0.3, -0.25) is 4.79 Å². The number of nitrogens with one attached hydrogen (secondary N) is 1. The summed E-state index contributed by atoms with van der Waals surface area (Å²) in [5, 5.41) is 2.89. The minimum Gasteiger partial charge on any atom is -0.399 e. The zero-order chi connectivity index (χ0) is 13.5. The van der Waals surface area contributed by atoms with Gasteiger partial charge in [-0.2, -0.15) is 0 Å². The van der Waals surface area contributed by atoms with Crippen molar-refractivity contribution in [2.75, 3.05) is 12.3 Å². The third kappa shape index (κ3) is 5.04. The van der Waals surface area contributed by atoms with Gasteiger partial charge in [0.2, 0.25) is 5.91 Å². The van der Waals surface area contributed by atoms with E-state index in [1.807, 2.05) is 51.1 Å². The third-order valence-corrected chi connectivity index (χ3v) is 2.81. The lowest BCUT2D eigenvalue weighted by Crippen LogP contribution is -2.24. The highest BCUT2D eigenvalue weighted by molar-refractivity contribution is 5.77. The molecule has 98 valence electrons. The molecule has 0 bridgehead atoms. The number of carbonyl (C=O) groups is 1. The maximum absolute atomic E-state index is 11.7. The lowest BCUT2D eigenvalue weighted by Gasteiger charge is -2.11. The van der Waals surface area contributed by atoms with E-state index in [1.165, 1.54) is 5.57 Å². The largest absolute Gasteiger partial charge is 0.399 e. The highest BCUT2D eigenvalue weighted by Gasteiger charge is 2.10. The molecule has 0 saturated heterocycles. The summed E-state index contributed by atoms with van der Waals surface area (Å²) in [5.41, 5.74) is 8.74. The van der Waals surface area contributed by atoms with Gasteiger partial charge in [-0.25, -0.2) is 0 Å². The zero-order valence-electron chi connectivity index (χ0n) is 11.4. The van der Waals surface area contributed by atoms with Gasteiger partial charge in [0, 0.05) is 18.7 Å².